The number of rotatable bonds is 6. The molecule has 2 aliphatic rings. The first kappa shape index (κ1) is 14.5. The summed E-state index contributed by atoms with van der Waals surface area (Å²) in [6.45, 7) is 1.58. The Bertz CT molecular complexity index is 453. The van der Waals surface area contributed by atoms with E-state index in [4.69, 9.17) is 4.74 Å². The zero-order valence-corrected chi connectivity index (χ0v) is 12.4. The fraction of sp³-hybridized carbons (Fsp3) is 0.588. The highest BCUT2D eigenvalue weighted by Gasteiger charge is 2.28. The van der Waals surface area contributed by atoms with Gasteiger partial charge in [0.1, 0.15) is 6.04 Å². The highest BCUT2D eigenvalue weighted by atomic mass is 16.5. The van der Waals surface area contributed by atoms with Gasteiger partial charge in [-0.25, -0.2) is 0 Å². The van der Waals surface area contributed by atoms with Crippen molar-refractivity contribution >= 4 is 5.91 Å². The lowest BCUT2D eigenvalue weighted by Gasteiger charge is -2.26. The van der Waals surface area contributed by atoms with Gasteiger partial charge in [0.05, 0.1) is 6.10 Å². The van der Waals surface area contributed by atoms with Crippen molar-refractivity contribution in [3.05, 3.63) is 35.9 Å². The van der Waals surface area contributed by atoms with E-state index in [0.717, 1.165) is 44.4 Å². The monoisotopic (exact) mass is 288 g/mol. The van der Waals surface area contributed by atoms with Crippen LogP contribution in [0.15, 0.2) is 30.3 Å². The molecule has 3 rings (SSSR count). The van der Waals surface area contributed by atoms with Gasteiger partial charge in [-0.15, -0.1) is 0 Å². The number of benzene rings is 1. The van der Waals surface area contributed by atoms with E-state index in [-0.39, 0.29) is 18.1 Å². The van der Waals surface area contributed by atoms with E-state index in [1.807, 2.05) is 30.3 Å². The Kier molecular flexibility index (Phi) is 4.88. The van der Waals surface area contributed by atoms with Crippen LogP contribution in [0.4, 0.5) is 0 Å². The molecule has 4 heteroatoms. The summed E-state index contributed by atoms with van der Waals surface area (Å²) in [6.07, 6.45) is 5.91. The summed E-state index contributed by atoms with van der Waals surface area (Å²) < 4.78 is 5.74. The number of amides is 1. The minimum Gasteiger partial charge on any atom is -0.377 e. The zero-order chi connectivity index (χ0) is 14.5. The lowest BCUT2D eigenvalue weighted by atomic mass is 10.0. The van der Waals surface area contributed by atoms with Gasteiger partial charge in [0.15, 0.2) is 0 Å². The van der Waals surface area contributed by atoms with E-state index in [0.29, 0.717) is 6.04 Å². The molecule has 1 aromatic rings. The summed E-state index contributed by atoms with van der Waals surface area (Å²) in [5, 5.41) is 6.50. The van der Waals surface area contributed by atoms with Gasteiger partial charge in [-0.1, -0.05) is 30.3 Å². The van der Waals surface area contributed by atoms with Gasteiger partial charge in [0.2, 0.25) is 5.91 Å². The van der Waals surface area contributed by atoms with Crippen molar-refractivity contribution in [1.82, 2.24) is 10.6 Å². The summed E-state index contributed by atoms with van der Waals surface area (Å²) >= 11 is 0. The Hall–Kier alpha value is -1.39. The molecule has 0 unspecified atom stereocenters. The molecule has 2 fully saturated rings. The number of ether oxygens (including phenoxy) is 1. The number of carbonyl (C=O) groups is 1. The predicted molar refractivity (Wildman–Crippen MR) is 81.9 cm³/mol. The van der Waals surface area contributed by atoms with Gasteiger partial charge >= 0.3 is 0 Å². The van der Waals surface area contributed by atoms with Crippen LogP contribution in [0.3, 0.4) is 0 Å². The molecule has 0 spiro atoms. The van der Waals surface area contributed by atoms with Crippen molar-refractivity contribution < 1.29 is 9.53 Å². The molecule has 2 atom stereocenters. The molecule has 1 saturated carbocycles. The zero-order valence-electron chi connectivity index (χ0n) is 12.4. The SMILES string of the molecule is O=C(NC1CC1)[C@H](NC[C@H]1CCCCO1)c1ccccc1. The third-order valence-electron chi connectivity index (χ3n) is 4.14. The number of nitrogens with one attached hydrogen (secondary N) is 2. The van der Waals surface area contributed by atoms with Crippen LogP contribution in [0.5, 0.6) is 0 Å². The van der Waals surface area contributed by atoms with E-state index in [1.165, 1.54) is 6.42 Å². The molecule has 4 nitrogen and oxygen atoms in total. The van der Waals surface area contributed by atoms with Crippen molar-refractivity contribution in [2.24, 2.45) is 0 Å². The second-order valence-electron chi connectivity index (χ2n) is 6.02. The molecule has 1 saturated heterocycles. The summed E-state index contributed by atoms with van der Waals surface area (Å²) in [4.78, 5) is 12.5. The fourth-order valence-corrected chi connectivity index (χ4v) is 2.74. The first-order valence-corrected chi connectivity index (χ1v) is 8.03. The topological polar surface area (TPSA) is 50.4 Å². The van der Waals surface area contributed by atoms with Gasteiger partial charge in [-0.3, -0.25) is 10.1 Å². The van der Waals surface area contributed by atoms with Crippen molar-refractivity contribution in [1.29, 1.82) is 0 Å². The van der Waals surface area contributed by atoms with Crippen LogP contribution >= 0.6 is 0 Å². The van der Waals surface area contributed by atoms with Crippen molar-refractivity contribution in [2.45, 2.75) is 50.3 Å². The number of carbonyl (C=O) groups excluding carboxylic acids is 1. The molecule has 0 radical (unpaired) electrons. The second-order valence-corrected chi connectivity index (χ2v) is 6.02. The maximum absolute atomic E-state index is 12.5. The predicted octanol–water partition coefficient (Wildman–Crippen LogP) is 2.16. The second kappa shape index (κ2) is 7.05. The fourth-order valence-electron chi connectivity index (χ4n) is 2.74. The third kappa shape index (κ3) is 4.29. The van der Waals surface area contributed by atoms with Gasteiger partial charge < -0.3 is 10.1 Å². The van der Waals surface area contributed by atoms with Crippen LogP contribution in [0.25, 0.3) is 0 Å². The van der Waals surface area contributed by atoms with Crippen LogP contribution in [0, 0.1) is 0 Å². The minimum absolute atomic E-state index is 0.0829. The first-order valence-electron chi connectivity index (χ1n) is 8.03. The maximum Gasteiger partial charge on any atom is 0.241 e. The molecule has 1 aliphatic carbocycles. The summed E-state index contributed by atoms with van der Waals surface area (Å²) in [5.74, 6) is 0.0829. The Morgan fingerprint density at radius 3 is 2.67 bits per heavy atom. The highest BCUT2D eigenvalue weighted by Crippen LogP contribution is 2.21. The van der Waals surface area contributed by atoms with Crippen molar-refractivity contribution in [2.75, 3.05) is 13.2 Å². The molecule has 0 bridgehead atoms. The molecule has 1 heterocycles. The quantitative estimate of drug-likeness (QED) is 0.843. The lowest BCUT2D eigenvalue weighted by Crippen LogP contribution is -2.42. The Morgan fingerprint density at radius 2 is 2.00 bits per heavy atom. The Morgan fingerprint density at radius 1 is 1.19 bits per heavy atom. The average Bonchev–Trinajstić information content (AvgIpc) is 3.33. The van der Waals surface area contributed by atoms with E-state index in [1.54, 1.807) is 0 Å². The highest BCUT2D eigenvalue weighted by molar-refractivity contribution is 5.83. The smallest absolute Gasteiger partial charge is 0.241 e. The van der Waals surface area contributed by atoms with Crippen LogP contribution in [0.1, 0.15) is 43.7 Å². The number of hydrogen-bond acceptors (Lipinski definition) is 3. The van der Waals surface area contributed by atoms with Crippen LogP contribution < -0.4 is 10.6 Å². The molecule has 21 heavy (non-hydrogen) atoms. The van der Waals surface area contributed by atoms with Crippen molar-refractivity contribution in [3.63, 3.8) is 0 Å². The molecule has 1 amide bonds. The van der Waals surface area contributed by atoms with Gasteiger partial charge in [0, 0.05) is 19.2 Å². The van der Waals surface area contributed by atoms with Crippen LogP contribution in [-0.2, 0) is 9.53 Å². The van der Waals surface area contributed by atoms with E-state index in [9.17, 15) is 4.79 Å². The van der Waals surface area contributed by atoms with E-state index < -0.39 is 0 Å². The Labute approximate surface area is 126 Å². The molecule has 2 N–H and O–H groups in total. The molecule has 1 aliphatic heterocycles. The largest absolute Gasteiger partial charge is 0.377 e. The normalized spacial score (nSPS) is 23.5. The first-order chi connectivity index (χ1) is 10.3. The van der Waals surface area contributed by atoms with E-state index >= 15 is 0 Å². The standard InChI is InChI=1S/C17H24N2O2/c20-17(19-14-9-10-14)16(13-6-2-1-3-7-13)18-12-15-8-4-5-11-21-15/h1-3,6-7,14-16,18H,4-5,8-12H2,(H,19,20)/t15-,16-/m1/s1. The number of hydrogen-bond donors (Lipinski definition) is 2. The summed E-state index contributed by atoms with van der Waals surface area (Å²) in [5.41, 5.74) is 1.02. The van der Waals surface area contributed by atoms with Gasteiger partial charge in [-0.05, 0) is 37.7 Å². The van der Waals surface area contributed by atoms with Gasteiger partial charge in [0.25, 0.3) is 0 Å². The summed E-state index contributed by atoms with van der Waals surface area (Å²) in [7, 11) is 0. The third-order valence-corrected chi connectivity index (χ3v) is 4.14. The Balaban J connectivity index is 1.61. The molecule has 0 aromatic heterocycles. The van der Waals surface area contributed by atoms with Crippen molar-refractivity contribution in [3.8, 4) is 0 Å². The molecule has 1 aromatic carbocycles. The van der Waals surface area contributed by atoms with Crippen LogP contribution in [0.2, 0.25) is 0 Å². The lowest BCUT2D eigenvalue weighted by molar-refractivity contribution is -0.123. The molecule has 114 valence electrons. The van der Waals surface area contributed by atoms with Crippen LogP contribution in [-0.4, -0.2) is 31.2 Å². The average molecular weight is 288 g/mol. The molecular formula is C17H24N2O2. The van der Waals surface area contributed by atoms with E-state index in [2.05, 4.69) is 10.6 Å². The summed E-state index contributed by atoms with van der Waals surface area (Å²) in [6, 6.07) is 10.0. The minimum atomic E-state index is -0.280. The molecular weight excluding hydrogens is 264 g/mol. The van der Waals surface area contributed by atoms with Gasteiger partial charge in [-0.2, -0.15) is 0 Å². The maximum atomic E-state index is 12.5.